The summed E-state index contributed by atoms with van der Waals surface area (Å²) >= 11 is 0. The number of hydrogen-bond acceptors (Lipinski definition) is 4. The minimum atomic E-state index is -0.0681. The first-order chi connectivity index (χ1) is 6.35. The summed E-state index contributed by atoms with van der Waals surface area (Å²) in [6, 6.07) is 1.82. The standard InChI is InChI=1S/C9H13N3O/c1-13-9(6-10-7-9)5-8-11-3-2-4-12-8/h2-4,10H,5-7H2,1H3. The van der Waals surface area contributed by atoms with Crippen molar-refractivity contribution in [1.29, 1.82) is 0 Å². The molecule has 1 saturated heterocycles. The van der Waals surface area contributed by atoms with Gasteiger partial charge >= 0.3 is 0 Å². The third-order valence-electron chi connectivity index (χ3n) is 2.43. The van der Waals surface area contributed by atoms with E-state index in [1.54, 1.807) is 19.5 Å². The van der Waals surface area contributed by atoms with E-state index in [9.17, 15) is 0 Å². The van der Waals surface area contributed by atoms with Crippen LogP contribution in [0.3, 0.4) is 0 Å². The Bertz CT molecular complexity index is 266. The van der Waals surface area contributed by atoms with Gasteiger partial charge in [-0.3, -0.25) is 0 Å². The lowest BCUT2D eigenvalue weighted by molar-refractivity contribution is -0.0515. The van der Waals surface area contributed by atoms with Crippen LogP contribution in [0, 0.1) is 0 Å². The Morgan fingerprint density at radius 2 is 2.15 bits per heavy atom. The van der Waals surface area contributed by atoms with Crippen LogP contribution in [0.15, 0.2) is 18.5 Å². The van der Waals surface area contributed by atoms with Gasteiger partial charge in [0.2, 0.25) is 0 Å². The van der Waals surface area contributed by atoms with E-state index < -0.39 is 0 Å². The summed E-state index contributed by atoms with van der Waals surface area (Å²) < 4.78 is 5.44. The minimum Gasteiger partial charge on any atom is -0.375 e. The van der Waals surface area contributed by atoms with Crippen LogP contribution < -0.4 is 5.32 Å². The second-order valence-electron chi connectivity index (χ2n) is 3.33. The molecule has 4 nitrogen and oxygen atoms in total. The molecule has 0 amide bonds. The maximum absolute atomic E-state index is 5.44. The molecule has 0 bridgehead atoms. The number of rotatable bonds is 3. The molecule has 1 N–H and O–H groups in total. The summed E-state index contributed by atoms with van der Waals surface area (Å²) in [5, 5.41) is 3.19. The van der Waals surface area contributed by atoms with Gasteiger partial charge in [0.05, 0.1) is 5.60 Å². The van der Waals surface area contributed by atoms with E-state index in [4.69, 9.17) is 4.74 Å². The van der Waals surface area contributed by atoms with E-state index in [0.717, 1.165) is 25.3 Å². The van der Waals surface area contributed by atoms with Crippen molar-refractivity contribution in [1.82, 2.24) is 15.3 Å². The Morgan fingerprint density at radius 3 is 2.62 bits per heavy atom. The summed E-state index contributed by atoms with van der Waals surface area (Å²) in [5.74, 6) is 0.853. The quantitative estimate of drug-likeness (QED) is 0.710. The van der Waals surface area contributed by atoms with Gasteiger partial charge < -0.3 is 10.1 Å². The maximum atomic E-state index is 5.44. The van der Waals surface area contributed by atoms with E-state index >= 15 is 0 Å². The van der Waals surface area contributed by atoms with Crippen LogP contribution >= 0.6 is 0 Å². The average Bonchev–Trinajstić information content (AvgIpc) is 2.13. The first-order valence-electron chi connectivity index (χ1n) is 4.36. The van der Waals surface area contributed by atoms with E-state index in [-0.39, 0.29) is 5.60 Å². The van der Waals surface area contributed by atoms with Crippen molar-refractivity contribution in [3.8, 4) is 0 Å². The van der Waals surface area contributed by atoms with Gasteiger partial charge in [-0.05, 0) is 6.07 Å². The number of methoxy groups -OCH3 is 1. The second-order valence-corrected chi connectivity index (χ2v) is 3.33. The largest absolute Gasteiger partial charge is 0.375 e. The molecule has 0 saturated carbocycles. The maximum Gasteiger partial charge on any atom is 0.131 e. The lowest BCUT2D eigenvalue weighted by atomic mass is 9.92. The molecule has 0 unspecified atom stereocenters. The molecule has 0 spiro atoms. The van der Waals surface area contributed by atoms with Crippen LogP contribution in [-0.2, 0) is 11.2 Å². The monoisotopic (exact) mass is 179 g/mol. The van der Waals surface area contributed by atoms with E-state index in [0.29, 0.717) is 0 Å². The lowest BCUT2D eigenvalue weighted by Gasteiger charge is -2.40. The molecule has 0 aromatic carbocycles. The van der Waals surface area contributed by atoms with Crippen molar-refractivity contribution < 1.29 is 4.74 Å². The summed E-state index contributed by atoms with van der Waals surface area (Å²) in [6.07, 6.45) is 4.31. The van der Waals surface area contributed by atoms with Crippen LogP contribution in [0.4, 0.5) is 0 Å². The molecule has 4 heteroatoms. The summed E-state index contributed by atoms with van der Waals surface area (Å²) in [5.41, 5.74) is -0.0681. The predicted molar refractivity (Wildman–Crippen MR) is 48.3 cm³/mol. The van der Waals surface area contributed by atoms with Gasteiger partial charge in [-0.1, -0.05) is 0 Å². The number of nitrogens with one attached hydrogen (secondary N) is 1. The minimum absolute atomic E-state index is 0.0681. The molecule has 1 aliphatic rings. The van der Waals surface area contributed by atoms with Crippen LogP contribution in [0.2, 0.25) is 0 Å². The Morgan fingerprint density at radius 1 is 1.46 bits per heavy atom. The topological polar surface area (TPSA) is 47.0 Å². The summed E-state index contributed by atoms with van der Waals surface area (Å²) in [7, 11) is 1.74. The number of aromatic nitrogens is 2. The number of ether oxygens (including phenoxy) is 1. The highest BCUT2D eigenvalue weighted by Gasteiger charge is 2.37. The van der Waals surface area contributed by atoms with Gasteiger partial charge in [-0.15, -0.1) is 0 Å². The van der Waals surface area contributed by atoms with Crippen molar-refractivity contribution >= 4 is 0 Å². The first kappa shape index (κ1) is 8.59. The molecule has 1 aromatic rings. The third-order valence-corrected chi connectivity index (χ3v) is 2.43. The Kier molecular flexibility index (Phi) is 2.24. The molecular weight excluding hydrogens is 166 g/mol. The summed E-state index contributed by atoms with van der Waals surface area (Å²) in [4.78, 5) is 8.35. The molecule has 2 heterocycles. The lowest BCUT2D eigenvalue weighted by Crippen LogP contribution is -2.62. The molecule has 2 rings (SSSR count). The van der Waals surface area contributed by atoms with Crippen molar-refractivity contribution in [2.45, 2.75) is 12.0 Å². The van der Waals surface area contributed by atoms with Crippen LogP contribution in [-0.4, -0.2) is 35.8 Å². The first-order valence-corrected chi connectivity index (χ1v) is 4.36. The van der Waals surface area contributed by atoms with Crippen LogP contribution in [0.5, 0.6) is 0 Å². The Hall–Kier alpha value is -1.00. The Balaban J connectivity index is 2.05. The Labute approximate surface area is 77.4 Å². The predicted octanol–water partition coefficient (Wildman–Crippen LogP) is 0.00750. The molecule has 1 fully saturated rings. The van der Waals surface area contributed by atoms with E-state index in [2.05, 4.69) is 15.3 Å². The highest BCUT2D eigenvalue weighted by Crippen LogP contribution is 2.19. The number of nitrogens with zero attached hydrogens (tertiary/aromatic N) is 2. The van der Waals surface area contributed by atoms with Gasteiger partial charge in [0.25, 0.3) is 0 Å². The van der Waals surface area contributed by atoms with Crippen LogP contribution in [0.1, 0.15) is 5.82 Å². The zero-order valence-electron chi connectivity index (χ0n) is 7.66. The SMILES string of the molecule is COC1(Cc2ncccn2)CNC1. The molecular formula is C9H13N3O. The summed E-state index contributed by atoms with van der Waals surface area (Å²) in [6.45, 7) is 1.78. The highest BCUT2D eigenvalue weighted by molar-refractivity contribution is 5.03. The molecule has 1 aromatic heterocycles. The van der Waals surface area contributed by atoms with Gasteiger partial charge in [-0.2, -0.15) is 0 Å². The van der Waals surface area contributed by atoms with E-state index in [1.165, 1.54) is 0 Å². The second kappa shape index (κ2) is 3.40. The fourth-order valence-electron chi connectivity index (χ4n) is 1.45. The highest BCUT2D eigenvalue weighted by atomic mass is 16.5. The zero-order valence-corrected chi connectivity index (χ0v) is 7.66. The van der Waals surface area contributed by atoms with Gasteiger partial charge in [0.15, 0.2) is 0 Å². The number of hydrogen-bond donors (Lipinski definition) is 1. The molecule has 70 valence electrons. The van der Waals surface area contributed by atoms with Crippen molar-refractivity contribution in [3.63, 3.8) is 0 Å². The van der Waals surface area contributed by atoms with Gasteiger partial charge in [-0.25, -0.2) is 9.97 Å². The fourth-order valence-corrected chi connectivity index (χ4v) is 1.45. The smallest absolute Gasteiger partial charge is 0.131 e. The van der Waals surface area contributed by atoms with Gasteiger partial charge in [0, 0.05) is 39.0 Å². The average molecular weight is 179 g/mol. The van der Waals surface area contributed by atoms with Crippen molar-refractivity contribution in [2.24, 2.45) is 0 Å². The molecule has 0 atom stereocenters. The fraction of sp³-hybridized carbons (Fsp3) is 0.556. The normalized spacial score (nSPS) is 19.5. The van der Waals surface area contributed by atoms with Crippen molar-refractivity contribution in [3.05, 3.63) is 24.3 Å². The molecule has 1 aliphatic heterocycles. The van der Waals surface area contributed by atoms with Crippen LogP contribution in [0.25, 0.3) is 0 Å². The molecule has 0 radical (unpaired) electrons. The zero-order chi connectivity index (χ0) is 9.15. The van der Waals surface area contributed by atoms with Crippen molar-refractivity contribution in [2.75, 3.05) is 20.2 Å². The molecule has 13 heavy (non-hydrogen) atoms. The van der Waals surface area contributed by atoms with E-state index in [1.807, 2.05) is 6.07 Å². The molecule has 0 aliphatic carbocycles. The van der Waals surface area contributed by atoms with Gasteiger partial charge in [0.1, 0.15) is 5.82 Å². The third kappa shape index (κ3) is 1.68.